The molecule has 1 rings (SSSR count). The Balaban J connectivity index is 1.90. The van der Waals surface area contributed by atoms with Crippen molar-refractivity contribution in [2.45, 2.75) is 12.5 Å². The minimum Gasteiger partial charge on any atom is -0.378 e. The second-order valence-corrected chi connectivity index (χ2v) is 5.11. The fourth-order valence-electron chi connectivity index (χ4n) is 1.48. The van der Waals surface area contributed by atoms with Crippen LogP contribution in [0, 0.1) is 0 Å². The lowest BCUT2D eigenvalue weighted by Gasteiger charge is -2.38. The third-order valence-corrected chi connectivity index (χ3v) is 2.80. The molecule has 6 heteroatoms. The highest BCUT2D eigenvalue weighted by molar-refractivity contribution is 5.77. The summed E-state index contributed by atoms with van der Waals surface area (Å²) in [7, 11) is 4.00. The highest BCUT2D eigenvalue weighted by Gasteiger charge is 2.32. The first-order chi connectivity index (χ1) is 8.52. The van der Waals surface area contributed by atoms with Crippen LogP contribution in [0.5, 0.6) is 0 Å². The maximum absolute atomic E-state index is 11.5. The van der Waals surface area contributed by atoms with Crippen molar-refractivity contribution in [3.05, 3.63) is 0 Å². The van der Waals surface area contributed by atoms with Gasteiger partial charge in [-0.1, -0.05) is 0 Å². The maximum atomic E-state index is 11.5. The number of nitrogens with one attached hydrogen (secondary N) is 2. The minimum atomic E-state index is -0.167. The standard InChI is InChI=1S/C12H25N3O3/c1-12(9-13-10-12)18-8-11(16)14-4-6-17-7-5-15(2)3/h13H,4-10H2,1-3H3,(H,14,16). The summed E-state index contributed by atoms with van der Waals surface area (Å²) in [5.41, 5.74) is -0.167. The summed E-state index contributed by atoms with van der Waals surface area (Å²) < 4.78 is 10.9. The number of hydrogen-bond acceptors (Lipinski definition) is 5. The Morgan fingerprint density at radius 2 is 2.11 bits per heavy atom. The number of amides is 1. The van der Waals surface area contributed by atoms with Gasteiger partial charge in [-0.3, -0.25) is 4.79 Å². The molecule has 0 atom stereocenters. The highest BCUT2D eigenvalue weighted by atomic mass is 16.5. The van der Waals surface area contributed by atoms with Gasteiger partial charge >= 0.3 is 0 Å². The smallest absolute Gasteiger partial charge is 0.246 e. The Bertz CT molecular complexity index is 255. The third-order valence-electron chi connectivity index (χ3n) is 2.80. The summed E-state index contributed by atoms with van der Waals surface area (Å²) in [5.74, 6) is -0.0839. The van der Waals surface area contributed by atoms with Crippen molar-refractivity contribution in [3.8, 4) is 0 Å². The summed E-state index contributed by atoms with van der Waals surface area (Å²) in [6.07, 6.45) is 0. The zero-order chi connectivity index (χ0) is 13.4. The van der Waals surface area contributed by atoms with Gasteiger partial charge in [0.25, 0.3) is 0 Å². The van der Waals surface area contributed by atoms with E-state index in [0.29, 0.717) is 19.8 Å². The Kier molecular flexibility index (Phi) is 6.56. The molecule has 18 heavy (non-hydrogen) atoms. The van der Waals surface area contributed by atoms with Crippen LogP contribution in [-0.4, -0.2) is 76.5 Å². The van der Waals surface area contributed by atoms with E-state index in [0.717, 1.165) is 19.6 Å². The number of likely N-dealkylation sites (N-methyl/N-ethyl adjacent to an activating group) is 1. The molecule has 0 aliphatic carbocycles. The van der Waals surface area contributed by atoms with Crippen LogP contribution in [0.1, 0.15) is 6.92 Å². The van der Waals surface area contributed by atoms with Crippen LogP contribution >= 0.6 is 0 Å². The van der Waals surface area contributed by atoms with E-state index in [1.54, 1.807) is 0 Å². The lowest BCUT2D eigenvalue weighted by molar-refractivity contribution is -0.136. The van der Waals surface area contributed by atoms with Gasteiger partial charge in [0.05, 0.1) is 18.8 Å². The Morgan fingerprint density at radius 1 is 1.39 bits per heavy atom. The molecular formula is C12H25N3O3. The van der Waals surface area contributed by atoms with Gasteiger partial charge in [0.15, 0.2) is 0 Å². The number of carbonyl (C=O) groups is 1. The summed E-state index contributed by atoms with van der Waals surface area (Å²) in [6, 6.07) is 0. The first kappa shape index (κ1) is 15.4. The van der Waals surface area contributed by atoms with Gasteiger partial charge in [0, 0.05) is 26.2 Å². The Morgan fingerprint density at radius 3 is 2.67 bits per heavy atom. The predicted octanol–water partition coefficient (Wildman–Crippen LogP) is -0.941. The van der Waals surface area contributed by atoms with Crippen LogP contribution in [-0.2, 0) is 14.3 Å². The molecule has 1 saturated heterocycles. The van der Waals surface area contributed by atoms with E-state index in [-0.39, 0.29) is 18.1 Å². The number of nitrogens with zero attached hydrogens (tertiary/aromatic N) is 1. The van der Waals surface area contributed by atoms with Gasteiger partial charge in [-0.15, -0.1) is 0 Å². The van der Waals surface area contributed by atoms with Gasteiger partial charge in [-0.25, -0.2) is 0 Å². The van der Waals surface area contributed by atoms with Crippen molar-refractivity contribution < 1.29 is 14.3 Å². The molecule has 0 bridgehead atoms. The monoisotopic (exact) mass is 259 g/mol. The van der Waals surface area contributed by atoms with Gasteiger partial charge in [-0.05, 0) is 21.0 Å². The second-order valence-electron chi connectivity index (χ2n) is 5.11. The van der Waals surface area contributed by atoms with Crippen molar-refractivity contribution in [2.75, 3.05) is 60.1 Å². The summed E-state index contributed by atoms with van der Waals surface area (Å²) in [6.45, 7) is 6.40. The average molecular weight is 259 g/mol. The van der Waals surface area contributed by atoms with Crippen molar-refractivity contribution in [2.24, 2.45) is 0 Å². The van der Waals surface area contributed by atoms with Crippen molar-refractivity contribution in [1.82, 2.24) is 15.5 Å². The van der Waals surface area contributed by atoms with Gasteiger partial charge in [0.2, 0.25) is 5.91 Å². The van der Waals surface area contributed by atoms with Crippen LogP contribution < -0.4 is 10.6 Å². The molecule has 0 saturated carbocycles. The van der Waals surface area contributed by atoms with Crippen LogP contribution in [0.2, 0.25) is 0 Å². The molecule has 0 aromatic rings. The van der Waals surface area contributed by atoms with E-state index < -0.39 is 0 Å². The van der Waals surface area contributed by atoms with E-state index in [2.05, 4.69) is 15.5 Å². The van der Waals surface area contributed by atoms with Crippen molar-refractivity contribution in [3.63, 3.8) is 0 Å². The molecule has 106 valence electrons. The molecule has 1 aliphatic rings. The number of ether oxygens (including phenoxy) is 2. The largest absolute Gasteiger partial charge is 0.378 e. The van der Waals surface area contributed by atoms with Crippen LogP contribution in [0.25, 0.3) is 0 Å². The second kappa shape index (κ2) is 7.68. The topological polar surface area (TPSA) is 62.8 Å². The molecule has 6 nitrogen and oxygen atoms in total. The van der Waals surface area contributed by atoms with E-state index >= 15 is 0 Å². The molecule has 0 unspecified atom stereocenters. The zero-order valence-corrected chi connectivity index (χ0v) is 11.6. The fourth-order valence-corrected chi connectivity index (χ4v) is 1.48. The minimum absolute atomic E-state index is 0.0839. The molecule has 1 fully saturated rings. The summed E-state index contributed by atoms with van der Waals surface area (Å²) in [4.78, 5) is 13.5. The summed E-state index contributed by atoms with van der Waals surface area (Å²) in [5, 5.41) is 5.89. The van der Waals surface area contributed by atoms with E-state index in [4.69, 9.17) is 9.47 Å². The van der Waals surface area contributed by atoms with Crippen molar-refractivity contribution in [1.29, 1.82) is 0 Å². The SMILES string of the molecule is CN(C)CCOCCNC(=O)COC1(C)CNC1. The van der Waals surface area contributed by atoms with Crippen LogP contribution in [0.4, 0.5) is 0 Å². The molecule has 1 heterocycles. The molecule has 0 spiro atoms. The third kappa shape index (κ3) is 6.30. The maximum Gasteiger partial charge on any atom is 0.246 e. The lowest BCUT2D eigenvalue weighted by atomic mass is 10.0. The quantitative estimate of drug-likeness (QED) is 0.523. The first-order valence-corrected chi connectivity index (χ1v) is 6.36. The van der Waals surface area contributed by atoms with Crippen molar-refractivity contribution >= 4 is 5.91 Å². The Hall–Kier alpha value is -0.690. The van der Waals surface area contributed by atoms with Gasteiger partial charge in [-0.2, -0.15) is 0 Å². The predicted molar refractivity (Wildman–Crippen MR) is 69.6 cm³/mol. The zero-order valence-electron chi connectivity index (χ0n) is 11.6. The number of hydrogen-bond donors (Lipinski definition) is 2. The van der Waals surface area contributed by atoms with E-state index in [9.17, 15) is 4.79 Å². The normalized spacial score (nSPS) is 17.6. The molecular weight excluding hydrogens is 234 g/mol. The average Bonchev–Trinajstić information content (AvgIpc) is 2.28. The lowest BCUT2D eigenvalue weighted by Crippen LogP contribution is -2.59. The Labute approximate surface area is 109 Å². The molecule has 0 aromatic heterocycles. The number of carbonyl (C=O) groups excluding carboxylic acids is 1. The first-order valence-electron chi connectivity index (χ1n) is 6.36. The molecule has 1 aliphatic heterocycles. The van der Waals surface area contributed by atoms with Gasteiger partial charge < -0.3 is 25.0 Å². The highest BCUT2D eigenvalue weighted by Crippen LogP contribution is 2.14. The summed E-state index contributed by atoms with van der Waals surface area (Å²) >= 11 is 0. The fraction of sp³-hybridized carbons (Fsp3) is 0.917. The molecule has 0 aromatic carbocycles. The van der Waals surface area contributed by atoms with Gasteiger partial charge in [0.1, 0.15) is 6.61 Å². The van der Waals surface area contributed by atoms with E-state index in [1.807, 2.05) is 21.0 Å². The van der Waals surface area contributed by atoms with Crippen LogP contribution in [0.15, 0.2) is 0 Å². The van der Waals surface area contributed by atoms with Crippen LogP contribution in [0.3, 0.4) is 0 Å². The molecule has 0 radical (unpaired) electrons. The molecule has 1 amide bonds. The molecule has 2 N–H and O–H groups in total. The van der Waals surface area contributed by atoms with E-state index in [1.165, 1.54) is 0 Å². The number of rotatable bonds is 9.